The molecule has 6 nitrogen and oxygen atoms in total. The Hall–Kier alpha value is -2.08. The second-order valence-corrected chi connectivity index (χ2v) is 5.37. The number of aliphatic hydroxyl groups excluding tert-OH is 1. The Bertz CT molecular complexity index is 505. The predicted molar refractivity (Wildman–Crippen MR) is 79.0 cm³/mol. The van der Waals surface area contributed by atoms with Crippen LogP contribution >= 0.6 is 0 Å². The van der Waals surface area contributed by atoms with Crippen LogP contribution in [-0.2, 0) is 11.2 Å². The minimum absolute atomic E-state index is 0.0546. The van der Waals surface area contributed by atoms with Gasteiger partial charge in [-0.3, -0.25) is 4.79 Å². The van der Waals surface area contributed by atoms with E-state index in [-0.39, 0.29) is 18.3 Å². The summed E-state index contributed by atoms with van der Waals surface area (Å²) in [5.74, 6) is 0.482. The number of oxime groups is 1. The van der Waals surface area contributed by atoms with Crippen LogP contribution in [0.3, 0.4) is 0 Å². The Balaban J connectivity index is 1.91. The zero-order chi connectivity index (χ0) is 15.2. The number of carbonyl (C=O) groups is 1. The lowest BCUT2D eigenvalue weighted by Gasteiger charge is -2.31. The van der Waals surface area contributed by atoms with Gasteiger partial charge in [-0.15, -0.1) is 0 Å². The number of hydrogen-bond acceptors (Lipinski definition) is 4. The molecule has 21 heavy (non-hydrogen) atoms. The first kappa shape index (κ1) is 15.3. The van der Waals surface area contributed by atoms with Crippen molar-refractivity contribution in [2.75, 3.05) is 19.7 Å². The minimum Gasteiger partial charge on any atom is -0.409 e. The number of amides is 1. The first-order valence-electron chi connectivity index (χ1n) is 7.09. The number of carbonyl (C=O) groups excluding carboxylic acids is 1. The van der Waals surface area contributed by atoms with E-state index in [9.17, 15) is 4.79 Å². The molecule has 1 saturated heterocycles. The normalized spacial score (nSPS) is 17.0. The van der Waals surface area contributed by atoms with Crippen LogP contribution in [0.2, 0.25) is 0 Å². The van der Waals surface area contributed by atoms with Crippen molar-refractivity contribution in [3.05, 3.63) is 35.4 Å². The zero-order valence-electron chi connectivity index (χ0n) is 11.9. The molecule has 1 heterocycles. The van der Waals surface area contributed by atoms with Gasteiger partial charge in [0.05, 0.1) is 6.42 Å². The standard InChI is InChI=1S/C15H21N3O3/c16-15(17-21)13-3-1-11(2-4-13)9-14(20)18-7-5-12(10-19)6-8-18/h1-4,12,19,21H,5-10H2,(H2,16,17). The molecule has 114 valence electrons. The molecule has 0 saturated carbocycles. The highest BCUT2D eigenvalue weighted by atomic mass is 16.4. The lowest BCUT2D eigenvalue weighted by Crippen LogP contribution is -2.40. The van der Waals surface area contributed by atoms with E-state index in [0.717, 1.165) is 18.4 Å². The summed E-state index contributed by atoms with van der Waals surface area (Å²) in [6, 6.07) is 7.09. The van der Waals surface area contributed by atoms with Gasteiger partial charge in [0.25, 0.3) is 0 Å². The van der Waals surface area contributed by atoms with Gasteiger partial charge in [0, 0.05) is 25.3 Å². The van der Waals surface area contributed by atoms with Crippen molar-refractivity contribution in [2.45, 2.75) is 19.3 Å². The van der Waals surface area contributed by atoms with Gasteiger partial charge in [-0.1, -0.05) is 29.4 Å². The van der Waals surface area contributed by atoms with Crippen molar-refractivity contribution in [1.82, 2.24) is 4.90 Å². The van der Waals surface area contributed by atoms with E-state index in [1.165, 1.54) is 0 Å². The monoisotopic (exact) mass is 291 g/mol. The maximum atomic E-state index is 12.2. The zero-order valence-corrected chi connectivity index (χ0v) is 11.9. The molecule has 1 amide bonds. The molecule has 0 spiro atoms. The lowest BCUT2D eigenvalue weighted by atomic mass is 9.97. The van der Waals surface area contributed by atoms with Crippen molar-refractivity contribution >= 4 is 11.7 Å². The number of nitrogens with zero attached hydrogens (tertiary/aromatic N) is 2. The molecule has 2 rings (SSSR count). The van der Waals surface area contributed by atoms with Crippen LogP contribution in [-0.4, -0.2) is 46.7 Å². The summed E-state index contributed by atoms with van der Waals surface area (Å²) in [5, 5.41) is 20.6. The minimum atomic E-state index is 0.0546. The Kier molecular flexibility index (Phi) is 5.16. The van der Waals surface area contributed by atoms with Crippen LogP contribution in [0.5, 0.6) is 0 Å². The van der Waals surface area contributed by atoms with Gasteiger partial charge < -0.3 is 20.9 Å². The summed E-state index contributed by atoms with van der Waals surface area (Å²) in [4.78, 5) is 14.1. The average Bonchev–Trinajstić information content (AvgIpc) is 2.55. The number of nitrogens with two attached hydrogens (primary N) is 1. The maximum Gasteiger partial charge on any atom is 0.226 e. The number of hydrogen-bond donors (Lipinski definition) is 3. The third kappa shape index (κ3) is 3.95. The van der Waals surface area contributed by atoms with Gasteiger partial charge in [-0.2, -0.15) is 0 Å². The highest BCUT2D eigenvalue weighted by Crippen LogP contribution is 2.17. The molecule has 6 heteroatoms. The molecule has 0 aromatic heterocycles. The summed E-state index contributed by atoms with van der Waals surface area (Å²) in [7, 11) is 0. The third-order valence-electron chi connectivity index (χ3n) is 3.94. The van der Waals surface area contributed by atoms with Gasteiger partial charge in [-0.05, 0) is 24.3 Å². The third-order valence-corrected chi connectivity index (χ3v) is 3.94. The summed E-state index contributed by atoms with van der Waals surface area (Å²) < 4.78 is 0. The summed E-state index contributed by atoms with van der Waals surface area (Å²) in [6.45, 7) is 1.63. The van der Waals surface area contributed by atoms with Gasteiger partial charge in [0.1, 0.15) is 0 Å². The molecule has 0 aliphatic carbocycles. The fourth-order valence-electron chi connectivity index (χ4n) is 2.50. The molecule has 0 unspecified atom stereocenters. The van der Waals surface area contributed by atoms with Crippen LogP contribution < -0.4 is 5.73 Å². The van der Waals surface area contributed by atoms with Crippen LogP contribution in [0.1, 0.15) is 24.0 Å². The van der Waals surface area contributed by atoms with Gasteiger partial charge >= 0.3 is 0 Å². The smallest absolute Gasteiger partial charge is 0.226 e. The van der Waals surface area contributed by atoms with Crippen molar-refractivity contribution in [3.8, 4) is 0 Å². The largest absolute Gasteiger partial charge is 0.409 e. The van der Waals surface area contributed by atoms with Crippen LogP contribution in [0.15, 0.2) is 29.4 Å². The highest BCUT2D eigenvalue weighted by Gasteiger charge is 2.22. The quantitative estimate of drug-likeness (QED) is 0.326. The molecule has 4 N–H and O–H groups in total. The number of aliphatic hydroxyl groups is 1. The Morgan fingerprint density at radius 2 is 1.90 bits per heavy atom. The molecule has 1 aromatic carbocycles. The van der Waals surface area contributed by atoms with E-state index in [1.54, 1.807) is 12.1 Å². The lowest BCUT2D eigenvalue weighted by molar-refractivity contribution is -0.132. The molecule has 0 bridgehead atoms. The molecule has 0 atom stereocenters. The first-order chi connectivity index (χ1) is 10.1. The van der Waals surface area contributed by atoms with E-state index in [1.807, 2.05) is 17.0 Å². The van der Waals surface area contributed by atoms with E-state index in [2.05, 4.69) is 5.16 Å². The molecular weight excluding hydrogens is 270 g/mol. The molecule has 0 radical (unpaired) electrons. The molecular formula is C15H21N3O3. The predicted octanol–water partition coefficient (Wildman–Crippen LogP) is 0.554. The topological polar surface area (TPSA) is 99.2 Å². The second-order valence-electron chi connectivity index (χ2n) is 5.37. The van der Waals surface area contributed by atoms with Crippen molar-refractivity contribution in [1.29, 1.82) is 0 Å². The number of likely N-dealkylation sites (tertiary alicyclic amines) is 1. The van der Waals surface area contributed by atoms with E-state index in [4.69, 9.17) is 16.0 Å². The summed E-state index contributed by atoms with van der Waals surface area (Å²) >= 11 is 0. The number of benzene rings is 1. The second kappa shape index (κ2) is 7.08. The number of amidine groups is 1. The van der Waals surface area contributed by atoms with E-state index >= 15 is 0 Å². The number of rotatable bonds is 4. The van der Waals surface area contributed by atoms with Crippen molar-refractivity contribution < 1.29 is 15.1 Å². The average molecular weight is 291 g/mol. The van der Waals surface area contributed by atoms with E-state index < -0.39 is 0 Å². The fourth-order valence-corrected chi connectivity index (χ4v) is 2.50. The van der Waals surface area contributed by atoms with Gasteiger partial charge in [0.2, 0.25) is 5.91 Å². The van der Waals surface area contributed by atoms with Crippen LogP contribution in [0.4, 0.5) is 0 Å². The van der Waals surface area contributed by atoms with Crippen LogP contribution in [0.25, 0.3) is 0 Å². The Labute approximate surface area is 123 Å². The van der Waals surface area contributed by atoms with E-state index in [0.29, 0.717) is 31.0 Å². The molecule has 1 aliphatic rings. The summed E-state index contributed by atoms with van der Waals surface area (Å²) in [5.41, 5.74) is 7.02. The highest BCUT2D eigenvalue weighted by molar-refractivity contribution is 5.97. The summed E-state index contributed by atoms with van der Waals surface area (Å²) in [6.07, 6.45) is 2.08. The number of piperidine rings is 1. The Morgan fingerprint density at radius 3 is 2.43 bits per heavy atom. The van der Waals surface area contributed by atoms with Gasteiger partial charge in [-0.25, -0.2) is 0 Å². The fraction of sp³-hybridized carbons (Fsp3) is 0.467. The SMILES string of the molecule is NC(=NO)c1ccc(CC(=O)N2CCC(CO)CC2)cc1. The van der Waals surface area contributed by atoms with Crippen molar-refractivity contribution in [3.63, 3.8) is 0 Å². The van der Waals surface area contributed by atoms with Crippen LogP contribution in [0, 0.1) is 5.92 Å². The maximum absolute atomic E-state index is 12.2. The molecule has 1 aliphatic heterocycles. The molecule has 1 aromatic rings. The molecule has 1 fully saturated rings. The Morgan fingerprint density at radius 1 is 1.29 bits per heavy atom. The first-order valence-corrected chi connectivity index (χ1v) is 7.09. The van der Waals surface area contributed by atoms with Crippen molar-refractivity contribution in [2.24, 2.45) is 16.8 Å². The van der Waals surface area contributed by atoms with Gasteiger partial charge in [0.15, 0.2) is 5.84 Å².